The van der Waals surface area contributed by atoms with E-state index in [1.165, 1.54) is 0 Å². The summed E-state index contributed by atoms with van der Waals surface area (Å²) in [5.41, 5.74) is 0. The van der Waals surface area contributed by atoms with Crippen molar-refractivity contribution in [3.63, 3.8) is 0 Å². The number of rotatable bonds is 6. The molecular formula is C9H19N3O4S. The van der Waals surface area contributed by atoms with Crippen LogP contribution < -0.4 is 14.8 Å². The second-order valence-electron chi connectivity index (χ2n) is 3.87. The maximum absolute atomic E-state index is 11.4. The molecule has 1 saturated heterocycles. The van der Waals surface area contributed by atoms with Gasteiger partial charge in [0.25, 0.3) is 0 Å². The highest BCUT2D eigenvalue weighted by atomic mass is 32.2. The largest absolute Gasteiger partial charge is 0.449 e. The van der Waals surface area contributed by atoms with Crippen LogP contribution in [-0.4, -0.2) is 40.8 Å². The first kappa shape index (κ1) is 14.2. The summed E-state index contributed by atoms with van der Waals surface area (Å²) in [6.45, 7) is 3.97. The van der Waals surface area contributed by atoms with E-state index in [9.17, 15) is 13.2 Å². The summed E-state index contributed by atoms with van der Waals surface area (Å²) in [6.07, 6.45) is 0.867. The third kappa shape index (κ3) is 5.85. The summed E-state index contributed by atoms with van der Waals surface area (Å²) in [5, 5.41) is 3.20. The number of amides is 1. The molecule has 1 heterocycles. The van der Waals surface area contributed by atoms with Crippen molar-refractivity contribution in [2.45, 2.75) is 19.8 Å². The fourth-order valence-electron chi connectivity index (χ4n) is 1.66. The van der Waals surface area contributed by atoms with Crippen molar-refractivity contribution in [3.8, 4) is 0 Å². The Labute approximate surface area is 101 Å². The molecule has 8 heteroatoms. The summed E-state index contributed by atoms with van der Waals surface area (Å²) in [6, 6.07) is 0. The molecule has 1 rings (SSSR count). The average molecular weight is 265 g/mol. The normalized spacial score (nSPS) is 20.2. The lowest BCUT2D eigenvalue weighted by molar-refractivity contribution is 0.158. The van der Waals surface area contributed by atoms with Crippen molar-refractivity contribution < 1.29 is 17.9 Å². The predicted molar refractivity (Wildman–Crippen MR) is 62.7 cm³/mol. The second kappa shape index (κ2) is 6.77. The Kier molecular flexibility index (Phi) is 5.66. The Hall–Kier alpha value is -0.860. The number of hydrogen-bond donors (Lipinski definition) is 3. The van der Waals surface area contributed by atoms with Crippen molar-refractivity contribution >= 4 is 16.3 Å². The monoisotopic (exact) mass is 265 g/mol. The molecule has 0 aromatic rings. The first-order chi connectivity index (χ1) is 8.03. The highest BCUT2D eigenvalue weighted by molar-refractivity contribution is 7.88. The van der Waals surface area contributed by atoms with Crippen LogP contribution in [0.15, 0.2) is 0 Å². The van der Waals surface area contributed by atoms with E-state index in [1.54, 1.807) is 11.6 Å². The number of carbonyl (C=O) groups is 1. The van der Waals surface area contributed by atoms with E-state index in [-0.39, 0.29) is 6.61 Å². The molecule has 0 bridgehead atoms. The van der Waals surface area contributed by atoms with Crippen LogP contribution in [0, 0.1) is 5.92 Å². The Morgan fingerprint density at radius 3 is 2.88 bits per heavy atom. The van der Waals surface area contributed by atoms with Gasteiger partial charge in [0.2, 0.25) is 0 Å². The van der Waals surface area contributed by atoms with Gasteiger partial charge in [-0.2, -0.15) is 13.1 Å². The van der Waals surface area contributed by atoms with Crippen molar-refractivity contribution in [3.05, 3.63) is 0 Å². The van der Waals surface area contributed by atoms with Crippen LogP contribution in [0.4, 0.5) is 4.79 Å². The van der Waals surface area contributed by atoms with Gasteiger partial charge < -0.3 is 10.1 Å². The van der Waals surface area contributed by atoms with Crippen LogP contribution in [0.25, 0.3) is 0 Å². The smallest absolute Gasteiger partial charge is 0.421 e. The Morgan fingerprint density at radius 1 is 1.53 bits per heavy atom. The lowest BCUT2D eigenvalue weighted by Crippen LogP contribution is -2.41. The van der Waals surface area contributed by atoms with E-state index >= 15 is 0 Å². The summed E-state index contributed by atoms with van der Waals surface area (Å²) in [7, 11) is -3.79. The molecule has 1 amide bonds. The van der Waals surface area contributed by atoms with E-state index in [4.69, 9.17) is 0 Å². The molecule has 1 aliphatic heterocycles. The molecule has 1 unspecified atom stereocenters. The zero-order chi connectivity index (χ0) is 12.7. The van der Waals surface area contributed by atoms with Crippen LogP contribution in [0.5, 0.6) is 0 Å². The first-order valence-electron chi connectivity index (χ1n) is 5.68. The van der Waals surface area contributed by atoms with E-state index in [2.05, 4.69) is 14.8 Å². The number of carbonyl (C=O) groups excluding carboxylic acids is 1. The molecule has 0 spiro atoms. The number of ether oxygens (including phenoxy) is 1. The summed E-state index contributed by atoms with van der Waals surface area (Å²) >= 11 is 0. The van der Waals surface area contributed by atoms with Gasteiger partial charge >= 0.3 is 16.3 Å². The van der Waals surface area contributed by atoms with Gasteiger partial charge in [-0.3, -0.25) is 0 Å². The van der Waals surface area contributed by atoms with Gasteiger partial charge in [-0.1, -0.05) is 0 Å². The first-order valence-corrected chi connectivity index (χ1v) is 7.16. The van der Waals surface area contributed by atoms with Gasteiger partial charge in [0.1, 0.15) is 0 Å². The van der Waals surface area contributed by atoms with Crippen molar-refractivity contribution in [1.29, 1.82) is 0 Å². The van der Waals surface area contributed by atoms with Crippen LogP contribution in [0.2, 0.25) is 0 Å². The number of nitrogens with one attached hydrogen (secondary N) is 3. The summed E-state index contributed by atoms with van der Waals surface area (Å²) < 4.78 is 31.3. The van der Waals surface area contributed by atoms with Gasteiger partial charge in [-0.25, -0.2) is 9.52 Å². The molecular weight excluding hydrogens is 246 g/mol. The van der Waals surface area contributed by atoms with E-state index < -0.39 is 16.3 Å². The Bertz CT molecular complexity index is 338. The molecule has 3 N–H and O–H groups in total. The Balaban J connectivity index is 2.21. The van der Waals surface area contributed by atoms with Crippen molar-refractivity contribution in [2.24, 2.45) is 5.92 Å². The zero-order valence-corrected chi connectivity index (χ0v) is 10.7. The average Bonchev–Trinajstić information content (AvgIpc) is 2.69. The highest BCUT2D eigenvalue weighted by Gasteiger charge is 2.17. The van der Waals surface area contributed by atoms with Crippen LogP contribution >= 0.6 is 0 Å². The second-order valence-corrected chi connectivity index (χ2v) is 5.37. The Morgan fingerprint density at radius 2 is 2.29 bits per heavy atom. The molecule has 100 valence electrons. The van der Waals surface area contributed by atoms with Gasteiger partial charge in [-0.15, -0.1) is 0 Å². The summed E-state index contributed by atoms with van der Waals surface area (Å²) in [4.78, 5) is 10.9. The standard InChI is InChI=1S/C9H19N3O4S/c1-2-16-9(13)12-17(14,15)11-6-4-8-3-5-10-7-8/h8,10-11H,2-7H2,1H3,(H,12,13). The molecule has 0 radical (unpaired) electrons. The van der Waals surface area contributed by atoms with Gasteiger partial charge in [0, 0.05) is 6.54 Å². The minimum absolute atomic E-state index is 0.134. The third-order valence-electron chi connectivity index (χ3n) is 2.50. The van der Waals surface area contributed by atoms with Gasteiger partial charge in [0.05, 0.1) is 6.61 Å². The molecule has 0 aromatic heterocycles. The van der Waals surface area contributed by atoms with E-state index in [0.29, 0.717) is 12.5 Å². The zero-order valence-electron chi connectivity index (χ0n) is 9.86. The van der Waals surface area contributed by atoms with Crippen LogP contribution in [0.3, 0.4) is 0 Å². The minimum Gasteiger partial charge on any atom is -0.449 e. The highest BCUT2D eigenvalue weighted by Crippen LogP contribution is 2.10. The quantitative estimate of drug-likeness (QED) is 0.605. The fraction of sp³-hybridized carbons (Fsp3) is 0.889. The predicted octanol–water partition coefficient (Wildman–Crippen LogP) is -0.433. The minimum atomic E-state index is -3.79. The van der Waals surface area contributed by atoms with E-state index in [0.717, 1.165) is 25.9 Å². The maximum Gasteiger partial charge on any atom is 0.421 e. The molecule has 7 nitrogen and oxygen atoms in total. The van der Waals surface area contributed by atoms with Crippen LogP contribution in [0.1, 0.15) is 19.8 Å². The van der Waals surface area contributed by atoms with Crippen molar-refractivity contribution in [2.75, 3.05) is 26.2 Å². The molecule has 1 aliphatic rings. The topological polar surface area (TPSA) is 96.5 Å². The summed E-state index contributed by atoms with van der Waals surface area (Å²) in [5.74, 6) is 0.500. The molecule has 1 atom stereocenters. The van der Waals surface area contributed by atoms with Crippen molar-refractivity contribution in [1.82, 2.24) is 14.8 Å². The molecule has 0 saturated carbocycles. The molecule has 0 aromatic carbocycles. The SMILES string of the molecule is CCOC(=O)NS(=O)(=O)NCCC1CCNC1. The van der Waals surface area contributed by atoms with Crippen LogP contribution in [-0.2, 0) is 14.9 Å². The van der Waals surface area contributed by atoms with Gasteiger partial charge in [-0.05, 0) is 38.8 Å². The lowest BCUT2D eigenvalue weighted by Gasteiger charge is -2.10. The molecule has 1 fully saturated rings. The maximum atomic E-state index is 11.4. The lowest BCUT2D eigenvalue weighted by atomic mass is 10.1. The molecule has 0 aliphatic carbocycles. The van der Waals surface area contributed by atoms with E-state index in [1.807, 2.05) is 0 Å². The molecule has 17 heavy (non-hydrogen) atoms. The fourth-order valence-corrected chi connectivity index (χ4v) is 2.40. The van der Waals surface area contributed by atoms with Gasteiger partial charge in [0.15, 0.2) is 0 Å². The number of hydrogen-bond acceptors (Lipinski definition) is 5. The third-order valence-corrected chi connectivity index (χ3v) is 3.52.